The molecule has 1 rings (SSSR count). The molecule has 0 aliphatic rings. The molecule has 0 saturated heterocycles. The third-order valence-corrected chi connectivity index (χ3v) is 4.96. The van der Waals surface area contributed by atoms with E-state index in [-0.39, 0.29) is 56.1 Å². The minimum absolute atomic E-state index is 0.0335. The quantitative estimate of drug-likeness (QED) is 0.178. The van der Waals surface area contributed by atoms with Crippen LogP contribution in [-0.2, 0) is 25.7 Å². The highest BCUT2D eigenvalue weighted by molar-refractivity contribution is 5.96. The molecule has 1 unspecified atom stereocenters. The summed E-state index contributed by atoms with van der Waals surface area (Å²) in [5, 5.41) is 20.1. The van der Waals surface area contributed by atoms with Crippen LogP contribution in [0.2, 0.25) is 0 Å². The van der Waals surface area contributed by atoms with Gasteiger partial charge in [0.05, 0.1) is 30.8 Å². The van der Waals surface area contributed by atoms with Gasteiger partial charge in [0.15, 0.2) is 0 Å². The molecular formula is C27H47N5O7. The monoisotopic (exact) mass is 553 g/mol. The molecule has 4 amide bonds. The van der Waals surface area contributed by atoms with E-state index in [1.165, 1.54) is 0 Å². The van der Waals surface area contributed by atoms with Crippen molar-refractivity contribution >= 4 is 29.5 Å². The van der Waals surface area contributed by atoms with E-state index in [4.69, 9.17) is 20.3 Å². The van der Waals surface area contributed by atoms with Crippen molar-refractivity contribution < 1.29 is 33.8 Å². The van der Waals surface area contributed by atoms with Crippen LogP contribution in [0.5, 0.6) is 5.75 Å². The molecule has 12 nitrogen and oxygen atoms in total. The van der Waals surface area contributed by atoms with Gasteiger partial charge in [-0.15, -0.1) is 0 Å². The number of nitrogens with two attached hydrogens (primary N) is 1. The molecule has 222 valence electrons. The van der Waals surface area contributed by atoms with Gasteiger partial charge in [0.2, 0.25) is 11.8 Å². The molecule has 39 heavy (non-hydrogen) atoms. The van der Waals surface area contributed by atoms with Crippen LogP contribution in [0.25, 0.3) is 0 Å². The summed E-state index contributed by atoms with van der Waals surface area (Å²) in [6, 6.07) is 4.25. The molecule has 0 aromatic heterocycles. The molecule has 1 aromatic carbocycles. The van der Waals surface area contributed by atoms with Crippen molar-refractivity contribution in [1.29, 1.82) is 0 Å². The first kappa shape index (κ1) is 35.6. The summed E-state index contributed by atoms with van der Waals surface area (Å²) in [7, 11) is 0. The second kappa shape index (κ2) is 19.7. The number of hydrogen-bond acceptors (Lipinski definition) is 8. The molecule has 0 aliphatic carbocycles. The Morgan fingerprint density at radius 1 is 1.03 bits per heavy atom. The minimum atomic E-state index is -0.443. The Hall–Kier alpha value is -3.38. The van der Waals surface area contributed by atoms with Crippen LogP contribution in [-0.4, -0.2) is 67.3 Å². The summed E-state index contributed by atoms with van der Waals surface area (Å²) < 4.78 is 10.7. The number of aliphatic hydroxyl groups excluding tert-OH is 1. The van der Waals surface area contributed by atoms with Gasteiger partial charge in [-0.1, -0.05) is 54.5 Å². The number of carbonyl (C=O) groups excluding carboxylic acids is 4. The van der Waals surface area contributed by atoms with Crippen molar-refractivity contribution in [3.05, 3.63) is 23.8 Å². The van der Waals surface area contributed by atoms with Crippen LogP contribution in [0.3, 0.4) is 0 Å². The number of amides is 4. The van der Waals surface area contributed by atoms with Gasteiger partial charge >= 0.3 is 12.0 Å². The smallest absolute Gasteiger partial charge is 0.312 e. The number of hydrogen-bond donors (Lipinski definition) is 6. The highest BCUT2D eigenvalue weighted by Crippen LogP contribution is 2.26. The van der Waals surface area contributed by atoms with Crippen molar-refractivity contribution in [3.63, 3.8) is 0 Å². The maximum atomic E-state index is 12.5. The Morgan fingerprint density at radius 3 is 2.18 bits per heavy atom. The van der Waals surface area contributed by atoms with Crippen LogP contribution in [0.1, 0.15) is 60.5 Å². The van der Waals surface area contributed by atoms with Gasteiger partial charge in [-0.3, -0.25) is 14.4 Å². The molecule has 7 N–H and O–H groups in total. The second-order valence-electron chi connectivity index (χ2n) is 9.77. The molecule has 12 heteroatoms. The Morgan fingerprint density at radius 2 is 1.69 bits per heavy atom. The average Bonchev–Trinajstić information content (AvgIpc) is 2.87. The van der Waals surface area contributed by atoms with Gasteiger partial charge in [0.1, 0.15) is 19.0 Å². The first-order valence-electron chi connectivity index (χ1n) is 13.2. The topological polar surface area (TPSA) is 181 Å². The fourth-order valence-corrected chi connectivity index (χ4v) is 3.01. The lowest BCUT2D eigenvalue weighted by molar-refractivity contribution is -0.148. The first-order valence-corrected chi connectivity index (χ1v) is 13.2. The van der Waals surface area contributed by atoms with Crippen molar-refractivity contribution in [2.45, 2.75) is 73.6 Å². The zero-order chi connectivity index (χ0) is 30.0. The fraction of sp³-hybridized carbons (Fsp3) is 0.630. The molecule has 1 atom stereocenters. The lowest BCUT2D eigenvalue weighted by Gasteiger charge is -2.23. The predicted octanol–water partition coefficient (Wildman–Crippen LogP) is 1.90. The summed E-state index contributed by atoms with van der Waals surface area (Å²) in [5.74, 6) is -0.821. The average molecular weight is 554 g/mol. The third kappa shape index (κ3) is 16.2. The van der Waals surface area contributed by atoms with Crippen LogP contribution < -0.4 is 31.7 Å². The SMILES string of the molecule is CC(C)NC(C(=O)NCC(=O)Nc1ccc(COC(=O)C(C)C)cc1OCCO)C(C)C.CCCNC(N)=O. The molecular weight excluding hydrogens is 506 g/mol. The summed E-state index contributed by atoms with van der Waals surface area (Å²) in [4.78, 5) is 46.4. The number of benzene rings is 1. The Bertz CT molecular complexity index is 907. The number of aliphatic hydroxyl groups is 1. The van der Waals surface area contributed by atoms with E-state index in [2.05, 4.69) is 21.3 Å². The van der Waals surface area contributed by atoms with Crippen molar-refractivity contribution in [1.82, 2.24) is 16.0 Å². The van der Waals surface area contributed by atoms with E-state index in [1.807, 2.05) is 34.6 Å². The Kier molecular flexibility index (Phi) is 18.0. The van der Waals surface area contributed by atoms with Crippen LogP contribution >= 0.6 is 0 Å². The maximum absolute atomic E-state index is 12.5. The number of ether oxygens (including phenoxy) is 2. The molecule has 0 radical (unpaired) electrons. The molecule has 0 heterocycles. The normalized spacial score (nSPS) is 11.4. The summed E-state index contributed by atoms with van der Waals surface area (Å²) >= 11 is 0. The number of nitrogens with one attached hydrogen (secondary N) is 4. The van der Waals surface area contributed by atoms with E-state index in [1.54, 1.807) is 32.0 Å². The second-order valence-corrected chi connectivity index (χ2v) is 9.77. The molecule has 0 spiro atoms. The summed E-state index contributed by atoms with van der Waals surface area (Å²) in [6.45, 7) is 13.6. The lowest BCUT2D eigenvalue weighted by Crippen LogP contribution is -2.51. The fourth-order valence-electron chi connectivity index (χ4n) is 3.01. The maximum Gasteiger partial charge on any atom is 0.312 e. The highest BCUT2D eigenvalue weighted by atomic mass is 16.5. The number of esters is 1. The molecule has 0 bridgehead atoms. The van der Waals surface area contributed by atoms with Crippen LogP contribution in [0.4, 0.5) is 10.5 Å². The number of primary amides is 1. The Labute approximate surface area is 231 Å². The number of urea groups is 1. The molecule has 1 aromatic rings. The van der Waals surface area contributed by atoms with Gasteiger partial charge < -0.3 is 41.6 Å². The largest absolute Gasteiger partial charge is 0.489 e. The van der Waals surface area contributed by atoms with Crippen molar-refractivity contribution in [3.8, 4) is 5.75 Å². The number of rotatable bonds is 15. The number of carbonyl (C=O) groups is 4. The summed E-state index contributed by atoms with van der Waals surface area (Å²) in [6.07, 6.45) is 0.933. The van der Waals surface area contributed by atoms with Crippen LogP contribution in [0.15, 0.2) is 18.2 Å². The van der Waals surface area contributed by atoms with Gasteiger partial charge in [-0.25, -0.2) is 4.79 Å². The Balaban J connectivity index is 0.00000181. The van der Waals surface area contributed by atoms with Crippen molar-refractivity contribution in [2.75, 3.05) is 31.6 Å². The van der Waals surface area contributed by atoms with Gasteiger partial charge in [-0.05, 0) is 30.0 Å². The van der Waals surface area contributed by atoms with Crippen LogP contribution in [0, 0.1) is 11.8 Å². The van der Waals surface area contributed by atoms with E-state index in [0.717, 1.165) is 6.42 Å². The van der Waals surface area contributed by atoms with Gasteiger partial charge in [0.25, 0.3) is 0 Å². The van der Waals surface area contributed by atoms with E-state index in [0.29, 0.717) is 23.5 Å². The zero-order valence-corrected chi connectivity index (χ0v) is 24.3. The molecule has 0 saturated carbocycles. The molecule has 0 aliphatic heterocycles. The summed E-state index contributed by atoms with van der Waals surface area (Å²) in [5.41, 5.74) is 5.79. The highest BCUT2D eigenvalue weighted by Gasteiger charge is 2.23. The van der Waals surface area contributed by atoms with Gasteiger partial charge in [0, 0.05) is 12.6 Å². The zero-order valence-electron chi connectivity index (χ0n) is 24.3. The van der Waals surface area contributed by atoms with E-state index >= 15 is 0 Å². The van der Waals surface area contributed by atoms with E-state index < -0.39 is 18.0 Å². The number of anilines is 1. The first-order chi connectivity index (χ1) is 18.3. The third-order valence-electron chi connectivity index (χ3n) is 4.96. The van der Waals surface area contributed by atoms with E-state index in [9.17, 15) is 19.2 Å². The molecule has 0 fully saturated rings. The lowest BCUT2D eigenvalue weighted by atomic mass is 10.0. The van der Waals surface area contributed by atoms with Crippen molar-refractivity contribution in [2.24, 2.45) is 17.6 Å². The predicted molar refractivity (Wildman–Crippen MR) is 150 cm³/mol. The minimum Gasteiger partial charge on any atom is -0.489 e. The standard InChI is InChI=1S/C23H37N3O6.C4H10N2O/c1-14(2)21(25-16(5)6)22(29)24-12-20(28)26-18-8-7-17(11-19(18)31-10-9-27)13-32-23(30)15(3)4;1-2-3-6-4(5)7/h7-8,11,14-16,21,25,27H,9-10,12-13H2,1-6H3,(H,24,29)(H,26,28);2-3H2,1H3,(H3,5,6,7). The van der Waals surface area contributed by atoms with Gasteiger partial charge in [-0.2, -0.15) is 0 Å².